The molecule has 0 radical (unpaired) electrons. The lowest BCUT2D eigenvalue weighted by molar-refractivity contribution is 0.769. The Balaban J connectivity index is 1.08. The van der Waals surface area contributed by atoms with Crippen molar-refractivity contribution >= 4 is 31.5 Å². The van der Waals surface area contributed by atoms with Gasteiger partial charge in [0.25, 0.3) is 0 Å². The number of nitrogens with zero attached hydrogens (tertiary/aromatic N) is 2. The largest absolute Gasteiger partial charge is 0.228 e. The average molecular weight is 807 g/mol. The molecule has 3 heteroatoms. The second-order valence-corrected chi connectivity index (χ2v) is 17.2. The molecule has 290 valence electrons. The Hall–Kier alpha value is -7.72. The molecule has 0 N–H and O–H groups in total. The lowest BCUT2D eigenvalue weighted by Gasteiger charge is -2.34. The maximum Gasteiger partial charge on any atom is 0.160 e. The molecule has 0 saturated heterocycles. The van der Waals surface area contributed by atoms with E-state index in [2.05, 4.69) is 224 Å². The minimum atomic E-state index is -0.495. The van der Waals surface area contributed by atoms with Gasteiger partial charge in [0.2, 0.25) is 0 Å². The number of thiophene rings is 1. The molecule has 0 aliphatic heterocycles. The van der Waals surface area contributed by atoms with Crippen LogP contribution in [0.5, 0.6) is 0 Å². The zero-order chi connectivity index (χ0) is 41.0. The summed E-state index contributed by atoms with van der Waals surface area (Å²) in [5.74, 6) is 0.700. The second-order valence-electron chi connectivity index (χ2n) is 16.1. The highest BCUT2D eigenvalue weighted by atomic mass is 32.1. The molecule has 0 spiro atoms. The van der Waals surface area contributed by atoms with E-state index in [1.165, 1.54) is 53.6 Å². The maximum absolute atomic E-state index is 5.35. The van der Waals surface area contributed by atoms with Gasteiger partial charge in [-0.15, -0.1) is 11.3 Å². The van der Waals surface area contributed by atoms with Crippen LogP contribution in [0.3, 0.4) is 0 Å². The average Bonchev–Trinajstić information content (AvgIpc) is 3.88. The molecule has 2 nitrogen and oxygen atoms in total. The van der Waals surface area contributed by atoms with Crippen molar-refractivity contribution in [1.29, 1.82) is 0 Å². The third-order valence-electron chi connectivity index (χ3n) is 12.6. The first-order valence-electron chi connectivity index (χ1n) is 21.1. The van der Waals surface area contributed by atoms with Gasteiger partial charge in [-0.1, -0.05) is 182 Å². The van der Waals surface area contributed by atoms with Gasteiger partial charge in [0.1, 0.15) is 0 Å². The van der Waals surface area contributed by atoms with E-state index in [1.807, 2.05) is 17.4 Å². The number of hydrogen-bond donors (Lipinski definition) is 0. The van der Waals surface area contributed by atoms with Gasteiger partial charge in [-0.2, -0.15) is 0 Å². The molecule has 0 saturated carbocycles. The van der Waals surface area contributed by atoms with Crippen LogP contribution in [0.1, 0.15) is 22.3 Å². The van der Waals surface area contributed by atoms with Crippen LogP contribution in [0.4, 0.5) is 0 Å². The highest BCUT2D eigenvalue weighted by Gasteiger charge is 2.46. The van der Waals surface area contributed by atoms with E-state index in [0.717, 1.165) is 50.3 Å². The van der Waals surface area contributed by atoms with Gasteiger partial charge in [0, 0.05) is 36.9 Å². The second kappa shape index (κ2) is 14.8. The van der Waals surface area contributed by atoms with Gasteiger partial charge in [-0.05, 0) is 104 Å². The summed E-state index contributed by atoms with van der Waals surface area (Å²) in [5.41, 5.74) is 16.5. The quantitative estimate of drug-likeness (QED) is 0.160. The summed E-state index contributed by atoms with van der Waals surface area (Å²) in [6.07, 6.45) is 0. The zero-order valence-electron chi connectivity index (χ0n) is 33.7. The van der Waals surface area contributed by atoms with Crippen LogP contribution in [0, 0.1) is 0 Å². The highest BCUT2D eigenvalue weighted by Crippen LogP contribution is 2.57. The SMILES string of the molecule is c1ccc(-c2cc(-c3ccc4c(c3)C(c3ccccc3)(c3ccccc3)c3ccccc3-4)cc(-c3cc(-c4ccc5sc6ccccc6c5c4)nc(-c4ccccc4)n3)c2)cc1. The first-order valence-corrected chi connectivity index (χ1v) is 22.0. The summed E-state index contributed by atoms with van der Waals surface area (Å²) in [4.78, 5) is 10.6. The van der Waals surface area contributed by atoms with Crippen molar-refractivity contribution in [3.63, 3.8) is 0 Å². The smallest absolute Gasteiger partial charge is 0.160 e. The molecule has 11 aromatic rings. The van der Waals surface area contributed by atoms with Gasteiger partial charge >= 0.3 is 0 Å². The van der Waals surface area contributed by atoms with E-state index >= 15 is 0 Å². The summed E-state index contributed by atoms with van der Waals surface area (Å²) < 4.78 is 2.56. The zero-order valence-corrected chi connectivity index (χ0v) is 34.6. The van der Waals surface area contributed by atoms with Gasteiger partial charge in [-0.25, -0.2) is 9.97 Å². The number of hydrogen-bond acceptors (Lipinski definition) is 3. The Morgan fingerprint density at radius 3 is 1.56 bits per heavy atom. The molecule has 62 heavy (non-hydrogen) atoms. The van der Waals surface area contributed by atoms with Crippen molar-refractivity contribution in [2.45, 2.75) is 5.41 Å². The van der Waals surface area contributed by atoms with Crippen LogP contribution in [-0.2, 0) is 5.41 Å². The molecular formula is C59H38N2S. The fourth-order valence-corrected chi connectivity index (χ4v) is 10.8. The Morgan fingerprint density at radius 2 is 0.839 bits per heavy atom. The summed E-state index contributed by atoms with van der Waals surface area (Å²) in [5, 5.41) is 2.52. The van der Waals surface area contributed by atoms with Gasteiger partial charge < -0.3 is 0 Å². The standard InChI is InChI=1S/C59H38N2S/c1-5-17-39(18-6-1)43-33-44(41-29-31-49-48-25-13-15-27-52(48)59(53(49)37-41,46-21-9-3-10-22-46)47-23-11-4-12-24-47)35-45(34-43)55-38-54(60-58(61-55)40-19-7-2-8-20-40)42-30-32-57-51(36-42)50-26-14-16-28-56(50)62-57/h1-38H. The van der Waals surface area contributed by atoms with Crippen LogP contribution < -0.4 is 0 Å². The molecule has 1 aliphatic rings. The van der Waals surface area contributed by atoms with Crippen molar-refractivity contribution in [3.8, 4) is 67.3 Å². The van der Waals surface area contributed by atoms with E-state index in [-0.39, 0.29) is 0 Å². The Morgan fingerprint density at radius 1 is 0.306 bits per heavy atom. The monoisotopic (exact) mass is 806 g/mol. The number of rotatable bonds is 7. The van der Waals surface area contributed by atoms with Crippen molar-refractivity contribution in [1.82, 2.24) is 9.97 Å². The van der Waals surface area contributed by atoms with Crippen LogP contribution in [0.25, 0.3) is 87.5 Å². The molecule has 0 unspecified atom stereocenters. The Kier molecular flexibility index (Phi) is 8.62. The summed E-state index contributed by atoms with van der Waals surface area (Å²) in [7, 11) is 0. The first kappa shape index (κ1) is 36.2. The van der Waals surface area contributed by atoms with Crippen molar-refractivity contribution in [2.75, 3.05) is 0 Å². The summed E-state index contributed by atoms with van der Waals surface area (Å²) in [6.45, 7) is 0. The van der Waals surface area contributed by atoms with E-state index in [9.17, 15) is 0 Å². The number of aromatic nitrogens is 2. The molecule has 0 amide bonds. The van der Waals surface area contributed by atoms with Crippen LogP contribution in [-0.4, -0.2) is 9.97 Å². The van der Waals surface area contributed by atoms with Gasteiger partial charge in [0.05, 0.1) is 16.8 Å². The minimum Gasteiger partial charge on any atom is -0.228 e. The van der Waals surface area contributed by atoms with Crippen LogP contribution in [0.2, 0.25) is 0 Å². The molecule has 0 atom stereocenters. The van der Waals surface area contributed by atoms with E-state index < -0.39 is 5.41 Å². The van der Waals surface area contributed by atoms with Crippen LogP contribution in [0.15, 0.2) is 231 Å². The molecule has 0 fully saturated rings. The molecule has 2 heterocycles. The third kappa shape index (κ3) is 5.93. The van der Waals surface area contributed by atoms with Crippen molar-refractivity contribution in [3.05, 3.63) is 253 Å². The Labute approximate surface area is 365 Å². The Bertz CT molecular complexity index is 3410. The first-order chi connectivity index (χ1) is 30.7. The van der Waals surface area contributed by atoms with Gasteiger partial charge in [0.15, 0.2) is 5.82 Å². The maximum atomic E-state index is 5.35. The van der Waals surface area contributed by atoms with Crippen molar-refractivity contribution < 1.29 is 0 Å². The van der Waals surface area contributed by atoms with E-state index in [4.69, 9.17) is 9.97 Å². The minimum absolute atomic E-state index is 0.495. The van der Waals surface area contributed by atoms with Crippen molar-refractivity contribution in [2.24, 2.45) is 0 Å². The molecular weight excluding hydrogens is 769 g/mol. The number of fused-ring (bicyclic) bond motifs is 6. The lowest BCUT2D eigenvalue weighted by atomic mass is 9.67. The molecule has 9 aromatic carbocycles. The van der Waals surface area contributed by atoms with Gasteiger partial charge in [-0.3, -0.25) is 0 Å². The molecule has 0 bridgehead atoms. The summed E-state index contributed by atoms with van der Waals surface area (Å²) in [6, 6.07) is 83.6. The third-order valence-corrected chi connectivity index (χ3v) is 13.7. The van der Waals surface area contributed by atoms with E-state index in [0.29, 0.717) is 5.82 Å². The summed E-state index contributed by atoms with van der Waals surface area (Å²) >= 11 is 1.83. The number of benzene rings is 9. The predicted octanol–water partition coefficient (Wildman–Crippen LogP) is 15.5. The fraction of sp³-hybridized carbons (Fsp3) is 0.0169. The normalized spacial score (nSPS) is 12.6. The lowest BCUT2D eigenvalue weighted by Crippen LogP contribution is -2.28. The highest BCUT2D eigenvalue weighted by molar-refractivity contribution is 7.25. The molecule has 2 aromatic heterocycles. The molecule has 12 rings (SSSR count). The van der Waals surface area contributed by atoms with E-state index in [1.54, 1.807) is 0 Å². The molecule has 1 aliphatic carbocycles. The fourth-order valence-electron chi connectivity index (χ4n) is 9.71. The topological polar surface area (TPSA) is 25.8 Å². The van der Waals surface area contributed by atoms with Crippen LogP contribution >= 0.6 is 11.3 Å². The predicted molar refractivity (Wildman–Crippen MR) is 259 cm³/mol.